The van der Waals surface area contributed by atoms with Crippen molar-refractivity contribution in [1.29, 1.82) is 0 Å². The molecule has 0 aliphatic heterocycles. The molecule has 0 radical (unpaired) electrons. The van der Waals surface area contributed by atoms with E-state index in [4.69, 9.17) is 4.74 Å². The summed E-state index contributed by atoms with van der Waals surface area (Å²) >= 11 is 1.10. The van der Waals surface area contributed by atoms with Gasteiger partial charge in [0, 0.05) is 23.9 Å². The highest BCUT2D eigenvalue weighted by Gasteiger charge is 2.21. The van der Waals surface area contributed by atoms with Crippen molar-refractivity contribution in [2.24, 2.45) is 0 Å². The van der Waals surface area contributed by atoms with E-state index in [0.717, 1.165) is 22.3 Å². The second-order valence-corrected chi connectivity index (χ2v) is 7.73. The maximum absolute atomic E-state index is 14.2. The Labute approximate surface area is 182 Å². The third-order valence-corrected chi connectivity index (χ3v) is 4.93. The van der Waals surface area contributed by atoms with Crippen molar-refractivity contribution in [2.75, 3.05) is 4.90 Å². The Hall–Kier alpha value is -3.39. The molecule has 1 amide bonds. The lowest BCUT2D eigenvalue weighted by Crippen LogP contribution is -2.23. The molecule has 5 nitrogen and oxygen atoms in total. The number of hydrogen-bond acceptors (Lipinski definition) is 5. The molecule has 0 aliphatic rings. The smallest absolute Gasteiger partial charge is 0.230 e. The molecule has 160 valence electrons. The van der Waals surface area contributed by atoms with Crippen molar-refractivity contribution in [3.63, 3.8) is 0 Å². The Morgan fingerprint density at radius 1 is 1.13 bits per heavy atom. The van der Waals surface area contributed by atoms with Gasteiger partial charge in [-0.05, 0) is 62.4 Å². The molecular weight excluding hydrogens is 422 g/mol. The minimum atomic E-state index is -0.873. The average Bonchev–Trinajstić information content (AvgIpc) is 3.16. The lowest BCUT2D eigenvalue weighted by molar-refractivity contribution is -0.115. The average molecular weight is 442 g/mol. The highest BCUT2D eigenvalue weighted by atomic mass is 32.1. The summed E-state index contributed by atoms with van der Waals surface area (Å²) in [6.45, 7) is 5.10. The number of ketones is 1. The Morgan fingerprint density at radius 2 is 1.84 bits per heavy atom. The second-order valence-electron chi connectivity index (χ2n) is 6.89. The quantitative estimate of drug-likeness (QED) is 0.343. The van der Waals surface area contributed by atoms with Crippen molar-refractivity contribution >= 4 is 39.9 Å². The molecule has 0 saturated carbocycles. The summed E-state index contributed by atoms with van der Waals surface area (Å²) in [6, 6.07) is 9.75. The lowest BCUT2D eigenvalue weighted by Gasteiger charge is -2.18. The molecule has 0 spiro atoms. The van der Waals surface area contributed by atoms with Gasteiger partial charge in [0.05, 0.1) is 17.5 Å². The second kappa shape index (κ2) is 9.61. The van der Waals surface area contributed by atoms with Crippen molar-refractivity contribution in [1.82, 2.24) is 4.98 Å². The molecule has 3 rings (SSSR count). The molecule has 8 heteroatoms. The van der Waals surface area contributed by atoms with Crippen molar-refractivity contribution in [2.45, 2.75) is 26.9 Å². The van der Waals surface area contributed by atoms with Crippen LogP contribution in [0.15, 0.2) is 53.9 Å². The van der Waals surface area contributed by atoms with Gasteiger partial charge in [-0.1, -0.05) is 0 Å². The van der Waals surface area contributed by atoms with Crippen LogP contribution < -0.4 is 9.64 Å². The first-order valence-corrected chi connectivity index (χ1v) is 10.3. The summed E-state index contributed by atoms with van der Waals surface area (Å²) in [4.78, 5) is 29.8. The molecule has 3 aromatic rings. The third-order valence-electron chi connectivity index (χ3n) is 4.08. The zero-order valence-corrected chi connectivity index (χ0v) is 18.0. The molecule has 0 aliphatic carbocycles. The van der Waals surface area contributed by atoms with Gasteiger partial charge < -0.3 is 4.74 Å². The highest BCUT2D eigenvalue weighted by molar-refractivity contribution is 7.14. The normalized spacial score (nSPS) is 11.2. The third kappa shape index (κ3) is 5.61. The van der Waals surface area contributed by atoms with Crippen molar-refractivity contribution < 1.29 is 23.1 Å². The monoisotopic (exact) mass is 442 g/mol. The van der Waals surface area contributed by atoms with Crippen LogP contribution in [0.1, 0.15) is 36.8 Å². The molecule has 0 N–H and O–H groups in total. The molecule has 0 fully saturated rings. The van der Waals surface area contributed by atoms with Gasteiger partial charge in [0.25, 0.3) is 0 Å². The van der Waals surface area contributed by atoms with Gasteiger partial charge >= 0.3 is 0 Å². The Balaban J connectivity index is 1.77. The number of rotatable bonds is 7. The summed E-state index contributed by atoms with van der Waals surface area (Å²) in [5, 5.41) is 1.84. The van der Waals surface area contributed by atoms with E-state index in [2.05, 4.69) is 4.98 Å². The standard InChI is InChI=1S/C23H20F2N2O3S/c1-14(2)30-19-8-4-16(5-9-19)22(29)11-7-18-13-31-23(26-18)27(15(3)28)21-10-6-17(24)12-20(21)25/h4-14H,1-3H3/b11-7+. The van der Waals surface area contributed by atoms with Gasteiger partial charge in [-0.25, -0.2) is 13.8 Å². The summed E-state index contributed by atoms with van der Waals surface area (Å²) in [7, 11) is 0. The largest absolute Gasteiger partial charge is 0.491 e. The van der Waals surface area contributed by atoms with Crippen LogP contribution in [0.3, 0.4) is 0 Å². The van der Waals surface area contributed by atoms with E-state index >= 15 is 0 Å². The molecule has 0 bridgehead atoms. The van der Waals surface area contributed by atoms with Crippen LogP contribution in [0.4, 0.5) is 19.6 Å². The number of allylic oxidation sites excluding steroid dienone is 1. The molecule has 0 atom stereocenters. The minimum Gasteiger partial charge on any atom is -0.491 e. The molecule has 31 heavy (non-hydrogen) atoms. The predicted octanol–water partition coefficient (Wildman–Crippen LogP) is 5.79. The Morgan fingerprint density at radius 3 is 2.45 bits per heavy atom. The summed E-state index contributed by atoms with van der Waals surface area (Å²) in [5.41, 5.74) is 0.821. The van der Waals surface area contributed by atoms with Gasteiger partial charge in [-0.3, -0.25) is 14.5 Å². The topological polar surface area (TPSA) is 59.5 Å². The number of nitrogens with zero attached hydrogens (tertiary/aromatic N) is 2. The van der Waals surface area contributed by atoms with Crippen molar-refractivity contribution in [3.8, 4) is 5.75 Å². The van der Waals surface area contributed by atoms with Crippen LogP contribution >= 0.6 is 11.3 Å². The first kappa shape index (κ1) is 22.3. The number of halogens is 2. The van der Waals surface area contributed by atoms with Crippen LogP contribution in [0.2, 0.25) is 0 Å². The van der Waals surface area contributed by atoms with E-state index in [1.807, 2.05) is 13.8 Å². The van der Waals surface area contributed by atoms with Crippen LogP contribution in [0.5, 0.6) is 5.75 Å². The first-order valence-electron chi connectivity index (χ1n) is 9.45. The number of thiazole rings is 1. The number of hydrogen-bond donors (Lipinski definition) is 0. The van der Waals surface area contributed by atoms with Gasteiger partial charge in [-0.15, -0.1) is 11.3 Å². The fourth-order valence-corrected chi connectivity index (χ4v) is 3.60. The predicted molar refractivity (Wildman–Crippen MR) is 117 cm³/mol. The van der Waals surface area contributed by atoms with E-state index < -0.39 is 17.5 Å². The molecule has 0 unspecified atom stereocenters. The molecule has 0 saturated heterocycles. The number of ether oxygens (including phenoxy) is 1. The number of aromatic nitrogens is 1. The highest BCUT2D eigenvalue weighted by Crippen LogP contribution is 2.31. The van der Waals surface area contributed by atoms with E-state index in [9.17, 15) is 18.4 Å². The van der Waals surface area contributed by atoms with E-state index in [0.29, 0.717) is 23.1 Å². The van der Waals surface area contributed by atoms with Crippen LogP contribution in [0, 0.1) is 11.6 Å². The van der Waals surface area contributed by atoms with Gasteiger partial charge in [0.2, 0.25) is 5.91 Å². The number of benzene rings is 2. The molecule has 1 heterocycles. The van der Waals surface area contributed by atoms with Crippen LogP contribution in [-0.4, -0.2) is 22.8 Å². The van der Waals surface area contributed by atoms with Gasteiger partial charge in [0.1, 0.15) is 17.4 Å². The summed E-state index contributed by atoms with van der Waals surface area (Å²) in [6.07, 6.45) is 2.92. The SMILES string of the molecule is CC(=O)N(c1nc(/C=C/C(=O)c2ccc(OC(C)C)cc2)cs1)c1ccc(F)cc1F. The zero-order chi connectivity index (χ0) is 22.5. The first-order chi connectivity index (χ1) is 14.7. The summed E-state index contributed by atoms with van der Waals surface area (Å²) in [5.74, 6) is -1.64. The van der Waals surface area contributed by atoms with Gasteiger partial charge in [0.15, 0.2) is 10.9 Å². The maximum atomic E-state index is 14.2. The summed E-state index contributed by atoms with van der Waals surface area (Å²) < 4.78 is 32.9. The number of carbonyl (C=O) groups is 2. The number of carbonyl (C=O) groups excluding carboxylic acids is 2. The maximum Gasteiger partial charge on any atom is 0.230 e. The minimum absolute atomic E-state index is 0.0401. The van der Waals surface area contributed by atoms with Crippen LogP contribution in [0.25, 0.3) is 6.08 Å². The molecule has 1 aromatic heterocycles. The van der Waals surface area contributed by atoms with Crippen LogP contribution in [-0.2, 0) is 4.79 Å². The van der Waals surface area contributed by atoms with Gasteiger partial charge in [-0.2, -0.15) is 0 Å². The Bertz CT molecular complexity index is 1120. The number of amides is 1. The molecular formula is C23H20F2N2O3S. The van der Waals surface area contributed by atoms with E-state index in [1.54, 1.807) is 29.6 Å². The van der Waals surface area contributed by atoms with Crippen molar-refractivity contribution in [3.05, 3.63) is 76.8 Å². The zero-order valence-electron chi connectivity index (χ0n) is 17.1. The fourth-order valence-electron chi connectivity index (χ4n) is 2.75. The Kier molecular flexibility index (Phi) is 6.91. The lowest BCUT2D eigenvalue weighted by atomic mass is 10.1. The fraction of sp³-hybridized carbons (Fsp3) is 0.174. The number of anilines is 2. The van der Waals surface area contributed by atoms with E-state index in [-0.39, 0.29) is 22.7 Å². The molecule has 2 aromatic carbocycles. The van der Waals surface area contributed by atoms with E-state index in [1.165, 1.54) is 25.1 Å².